The van der Waals surface area contributed by atoms with Crippen molar-refractivity contribution in [1.29, 1.82) is 0 Å². The Morgan fingerprint density at radius 1 is 1.12 bits per heavy atom. The van der Waals surface area contributed by atoms with Gasteiger partial charge in [0.2, 0.25) is 0 Å². The first kappa shape index (κ1) is 16.6. The van der Waals surface area contributed by atoms with Gasteiger partial charge in [0.1, 0.15) is 17.1 Å². The summed E-state index contributed by atoms with van der Waals surface area (Å²) in [5, 5.41) is 5.40. The van der Waals surface area contributed by atoms with Crippen molar-refractivity contribution in [3.63, 3.8) is 0 Å². The Balaban J connectivity index is 1.88. The van der Waals surface area contributed by atoms with E-state index in [2.05, 4.69) is 5.32 Å². The number of ether oxygens (including phenoxy) is 1. The largest absolute Gasteiger partial charge is 0.460 e. The molecule has 0 saturated heterocycles. The van der Waals surface area contributed by atoms with Gasteiger partial charge in [0.15, 0.2) is 0 Å². The fourth-order valence-corrected chi connectivity index (χ4v) is 3.85. The van der Waals surface area contributed by atoms with Crippen LogP contribution in [0.1, 0.15) is 48.7 Å². The molecule has 5 nitrogen and oxygen atoms in total. The fraction of sp³-hybridized carbons (Fsp3) is 0.333. The van der Waals surface area contributed by atoms with Crippen LogP contribution in [-0.4, -0.2) is 17.9 Å². The zero-order valence-corrected chi connectivity index (χ0v) is 14.9. The van der Waals surface area contributed by atoms with Crippen LogP contribution in [-0.2, 0) is 4.79 Å². The molecule has 0 spiro atoms. The first-order valence-corrected chi connectivity index (χ1v) is 8.98. The molecule has 134 valence electrons. The van der Waals surface area contributed by atoms with Crippen molar-refractivity contribution in [3.8, 4) is 5.75 Å². The second-order valence-electron chi connectivity index (χ2n) is 6.88. The van der Waals surface area contributed by atoms with E-state index in [0.717, 1.165) is 36.5 Å². The zero-order valence-electron chi connectivity index (χ0n) is 14.9. The van der Waals surface area contributed by atoms with Crippen LogP contribution in [0.25, 0.3) is 21.7 Å². The summed E-state index contributed by atoms with van der Waals surface area (Å²) in [6.45, 7) is 3.16. The Hall–Kier alpha value is -2.82. The molecular formula is C21H21NO4. The number of esters is 1. The summed E-state index contributed by atoms with van der Waals surface area (Å²) < 4.78 is 11.4. The number of fused-ring (bicyclic) bond motifs is 3. The standard InChI is InChI=1S/C21H21NO4/c1-12-19(21(24)22-14-7-3-4-8-14)17-11-18(26-13(2)23)15-9-5-6-10-16(15)20(17)25-12/h5-6,9-11,14H,3-4,7-8H2,1-2H3,(H,22,24). The number of hydrogen-bond acceptors (Lipinski definition) is 4. The van der Waals surface area contributed by atoms with Crippen LogP contribution >= 0.6 is 0 Å². The molecule has 1 N–H and O–H groups in total. The Morgan fingerprint density at radius 3 is 2.50 bits per heavy atom. The monoisotopic (exact) mass is 351 g/mol. The normalized spacial score (nSPS) is 14.8. The second kappa shape index (κ2) is 6.48. The van der Waals surface area contributed by atoms with E-state index >= 15 is 0 Å². The Labute approximate surface area is 151 Å². The number of nitrogens with one attached hydrogen (secondary N) is 1. The third-order valence-electron chi connectivity index (χ3n) is 5.00. The van der Waals surface area contributed by atoms with Gasteiger partial charge in [-0.3, -0.25) is 9.59 Å². The van der Waals surface area contributed by atoms with Crippen LogP contribution < -0.4 is 10.1 Å². The second-order valence-corrected chi connectivity index (χ2v) is 6.88. The Morgan fingerprint density at radius 2 is 1.81 bits per heavy atom. The maximum atomic E-state index is 12.9. The van der Waals surface area contributed by atoms with Crippen molar-refractivity contribution in [2.24, 2.45) is 0 Å². The number of aryl methyl sites for hydroxylation is 1. The molecule has 0 bridgehead atoms. The summed E-state index contributed by atoms with van der Waals surface area (Å²) in [5.41, 5.74) is 1.16. The molecule has 0 unspecified atom stereocenters. The highest BCUT2D eigenvalue weighted by atomic mass is 16.5. The molecule has 1 aliphatic rings. The molecular weight excluding hydrogens is 330 g/mol. The van der Waals surface area contributed by atoms with E-state index in [0.29, 0.717) is 28.0 Å². The zero-order chi connectivity index (χ0) is 18.3. The predicted molar refractivity (Wildman–Crippen MR) is 99.5 cm³/mol. The molecule has 0 atom stereocenters. The summed E-state index contributed by atoms with van der Waals surface area (Å²) in [6, 6.07) is 9.52. The molecule has 3 aromatic rings. The molecule has 1 aromatic heterocycles. The summed E-state index contributed by atoms with van der Waals surface area (Å²) >= 11 is 0. The number of hydrogen-bond donors (Lipinski definition) is 1. The lowest BCUT2D eigenvalue weighted by molar-refractivity contribution is -0.131. The number of carbonyl (C=O) groups excluding carboxylic acids is 2. The van der Waals surface area contributed by atoms with Crippen molar-refractivity contribution in [3.05, 3.63) is 41.7 Å². The summed E-state index contributed by atoms with van der Waals surface area (Å²) in [5.74, 6) is 0.487. The lowest BCUT2D eigenvalue weighted by atomic mass is 10.0. The van der Waals surface area contributed by atoms with Gasteiger partial charge in [-0.2, -0.15) is 0 Å². The molecule has 1 aliphatic carbocycles. The lowest BCUT2D eigenvalue weighted by Crippen LogP contribution is -2.32. The molecule has 1 amide bonds. The summed E-state index contributed by atoms with van der Waals surface area (Å²) in [6.07, 6.45) is 4.33. The van der Waals surface area contributed by atoms with E-state index in [1.54, 1.807) is 13.0 Å². The van der Waals surface area contributed by atoms with E-state index in [1.807, 2.05) is 24.3 Å². The Kier molecular flexibility index (Phi) is 4.15. The van der Waals surface area contributed by atoms with Crippen molar-refractivity contribution in [2.45, 2.75) is 45.6 Å². The quantitative estimate of drug-likeness (QED) is 0.557. The SMILES string of the molecule is CC(=O)Oc1cc2c(C(=O)NC3CCCC3)c(C)oc2c2ccccc12. The average Bonchev–Trinajstić information content (AvgIpc) is 3.21. The van der Waals surface area contributed by atoms with E-state index in [9.17, 15) is 9.59 Å². The molecule has 26 heavy (non-hydrogen) atoms. The number of carbonyl (C=O) groups is 2. The Bertz CT molecular complexity index is 1010. The van der Waals surface area contributed by atoms with Crippen molar-refractivity contribution in [1.82, 2.24) is 5.32 Å². The molecule has 2 aromatic carbocycles. The maximum Gasteiger partial charge on any atom is 0.308 e. The minimum absolute atomic E-state index is 0.128. The van der Waals surface area contributed by atoms with E-state index in [-0.39, 0.29) is 11.9 Å². The number of amides is 1. The third kappa shape index (κ3) is 2.83. The van der Waals surface area contributed by atoms with Gasteiger partial charge < -0.3 is 14.5 Å². The summed E-state index contributed by atoms with van der Waals surface area (Å²) in [7, 11) is 0. The molecule has 0 radical (unpaired) electrons. The van der Waals surface area contributed by atoms with Crippen LogP contribution in [0.15, 0.2) is 34.7 Å². The van der Waals surface area contributed by atoms with Crippen molar-refractivity contribution >= 4 is 33.6 Å². The number of rotatable bonds is 3. The van der Waals surface area contributed by atoms with Crippen molar-refractivity contribution < 1.29 is 18.7 Å². The predicted octanol–water partition coefficient (Wildman–Crippen LogP) is 4.49. The maximum absolute atomic E-state index is 12.9. The molecule has 1 fully saturated rings. The van der Waals surface area contributed by atoms with Crippen LogP contribution in [0.5, 0.6) is 5.75 Å². The molecule has 0 aliphatic heterocycles. The topological polar surface area (TPSA) is 68.5 Å². The van der Waals surface area contributed by atoms with E-state index in [4.69, 9.17) is 9.15 Å². The molecule has 1 saturated carbocycles. The lowest BCUT2D eigenvalue weighted by Gasteiger charge is -2.12. The van der Waals surface area contributed by atoms with E-state index < -0.39 is 5.97 Å². The van der Waals surface area contributed by atoms with Crippen LogP contribution in [0, 0.1) is 6.92 Å². The van der Waals surface area contributed by atoms with Gasteiger partial charge in [-0.05, 0) is 25.8 Å². The van der Waals surface area contributed by atoms with Gasteiger partial charge >= 0.3 is 5.97 Å². The number of benzene rings is 2. The van der Waals surface area contributed by atoms with Gasteiger partial charge in [-0.15, -0.1) is 0 Å². The first-order chi connectivity index (χ1) is 12.5. The number of furan rings is 1. The van der Waals surface area contributed by atoms with Crippen molar-refractivity contribution in [2.75, 3.05) is 0 Å². The minimum atomic E-state index is -0.397. The van der Waals surface area contributed by atoms with E-state index in [1.165, 1.54) is 6.92 Å². The highest BCUT2D eigenvalue weighted by molar-refractivity contribution is 6.16. The summed E-state index contributed by atoms with van der Waals surface area (Å²) in [4.78, 5) is 24.4. The average molecular weight is 351 g/mol. The minimum Gasteiger partial charge on any atom is -0.460 e. The van der Waals surface area contributed by atoms with Gasteiger partial charge in [-0.25, -0.2) is 0 Å². The molecule has 5 heteroatoms. The van der Waals surface area contributed by atoms with Crippen LogP contribution in [0.4, 0.5) is 0 Å². The molecule has 1 heterocycles. The van der Waals surface area contributed by atoms with Crippen LogP contribution in [0.3, 0.4) is 0 Å². The first-order valence-electron chi connectivity index (χ1n) is 8.98. The third-order valence-corrected chi connectivity index (χ3v) is 5.00. The smallest absolute Gasteiger partial charge is 0.308 e. The highest BCUT2D eigenvalue weighted by Gasteiger charge is 2.25. The highest BCUT2D eigenvalue weighted by Crippen LogP contribution is 2.38. The molecule has 4 rings (SSSR count). The van der Waals surface area contributed by atoms with Gasteiger partial charge in [0.25, 0.3) is 5.91 Å². The van der Waals surface area contributed by atoms with Gasteiger partial charge in [0.05, 0.1) is 5.56 Å². The van der Waals surface area contributed by atoms with Gasteiger partial charge in [0, 0.05) is 29.1 Å². The fourth-order valence-electron chi connectivity index (χ4n) is 3.85. The van der Waals surface area contributed by atoms with Gasteiger partial charge in [-0.1, -0.05) is 37.1 Å². The van der Waals surface area contributed by atoms with Crippen LogP contribution in [0.2, 0.25) is 0 Å².